The third-order valence-electron chi connectivity index (χ3n) is 4.60. The molecule has 2 aromatic rings. The first-order valence-electron chi connectivity index (χ1n) is 8.97. The number of nitriles is 1. The van der Waals surface area contributed by atoms with Gasteiger partial charge in [-0.15, -0.1) is 0 Å². The van der Waals surface area contributed by atoms with E-state index >= 15 is 0 Å². The van der Waals surface area contributed by atoms with Gasteiger partial charge in [0.25, 0.3) is 0 Å². The molecule has 0 saturated carbocycles. The van der Waals surface area contributed by atoms with Gasteiger partial charge in [-0.1, -0.05) is 53.7 Å². The molecular formula is C22H21N3O2S. The molecule has 28 heavy (non-hydrogen) atoms. The molecule has 1 aliphatic heterocycles. The topological polar surface area (TPSA) is 82.0 Å². The van der Waals surface area contributed by atoms with Crippen LogP contribution in [-0.2, 0) is 9.59 Å². The zero-order chi connectivity index (χ0) is 20.1. The molecule has 1 heterocycles. The molecule has 0 saturated heterocycles. The summed E-state index contributed by atoms with van der Waals surface area (Å²) in [4.78, 5) is 24.5. The first-order chi connectivity index (χ1) is 13.5. The van der Waals surface area contributed by atoms with Gasteiger partial charge in [-0.3, -0.25) is 9.59 Å². The highest BCUT2D eigenvalue weighted by Gasteiger charge is 2.30. The summed E-state index contributed by atoms with van der Waals surface area (Å²) < 4.78 is 0. The SMILES string of the molecule is Cc1ccc(NC(=O)CSC2=C(C#N)[C@@H](c3ccccc3C)CC(=O)N2)cc1. The van der Waals surface area contributed by atoms with E-state index in [1.807, 2.05) is 62.4 Å². The fourth-order valence-corrected chi connectivity index (χ4v) is 4.03. The first kappa shape index (κ1) is 19.7. The summed E-state index contributed by atoms with van der Waals surface area (Å²) in [6.07, 6.45) is 0.230. The molecule has 1 aliphatic rings. The normalized spacial score (nSPS) is 16.3. The molecule has 142 valence electrons. The number of thioether (sulfide) groups is 1. The maximum atomic E-state index is 12.3. The van der Waals surface area contributed by atoms with Crippen molar-refractivity contribution in [3.05, 3.63) is 75.8 Å². The van der Waals surface area contributed by atoms with Crippen molar-refractivity contribution < 1.29 is 9.59 Å². The predicted molar refractivity (Wildman–Crippen MR) is 112 cm³/mol. The van der Waals surface area contributed by atoms with Crippen molar-refractivity contribution in [1.29, 1.82) is 5.26 Å². The number of hydrogen-bond acceptors (Lipinski definition) is 4. The van der Waals surface area contributed by atoms with Crippen molar-refractivity contribution >= 4 is 29.3 Å². The number of allylic oxidation sites excluding steroid dienone is 1. The van der Waals surface area contributed by atoms with Crippen LogP contribution in [0, 0.1) is 25.2 Å². The lowest BCUT2D eigenvalue weighted by atomic mass is 9.85. The van der Waals surface area contributed by atoms with E-state index in [0.717, 1.165) is 22.4 Å². The molecular weight excluding hydrogens is 370 g/mol. The highest BCUT2D eigenvalue weighted by molar-refractivity contribution is 8.03. The molecule has 1 atom stereocenters. The third kappa shape index (κ3) is 4.62. The molecule has 2 amide bonds. The predicted octanol–water partition coefficient (Wildman–Crippen LogP) is 4.01. The van der Waals surface area contributed by atoms with Crippen LogP contribution in [0.15, 0.2) is 59.1 Å². The summed E-state index contributed by atoms with van der Waals surface area (Å²) in [5.41, 5.74) is 4.34. The number of anilines is 1. The average Bonchev–Trinajstić information content (AvgIpc) is 2.68. The third-order valence-corrected chi connectivity index (χ3v) is 5.62. The summed E-state index contributed by atoms with van der Waals surface area (Å²) in [7, 11) is 0. The van der Waals surface area contributed by atoms with Gasteiger partial charge in [0.1, 0.15) is 0 Å². The molecule has 0 aliphatic carbocycles. The van der Waals surface area contributed by atoms with E-state index in [1.165, 1.54) is 11.8 Å². The van der Waals surface area contributed by atoms with Gasteiger partial charge >= 0.3 is 0 Å². The number of aryl methyl sites for hydroxylation is 2. The van der Waals surface area contributed by atoms with Crippen LogP contribution in [0.2, 0.25) is 0 Å². The van der Waals surface area contributed by atoms with Gasteiger partial charge in [-0.2, -0.15) is 5.26 Å². The number of carbonyl (C=O) groups is 2. The molecule has 5 nitrogen and oxygen atoms in total. The second-order valence-electron chi connectivity index (χ2n) is 6.72. The summed E-state index contributed by atoms with van der Waals surface area (Å²) >= 11 is 1.18. The molecule has 0 fully saturated rings. The number of benzene rings is 2. The number of carbonyl (C=O) groups excluding carboxylic acids is 2. The minimum Gasteiger partial charge on any atom is -0.325 e. The van der Waals surface area contributed by atoms with Crippen LogP contribution < -0.4 is 10.6 Å². The maximum absolute atomic E-state index is 12.3. The van der Waals surface area contributed by atoms with Gasteiger partial charge in [0.05, 0.1) is 22.4 Å². The average molecular weight is 391 g/mol. The number of nitrogens with one attached hydrogen (secondary N) is 2. The van der Waals surface area contributed by atoms with Crippen LogP contribution >= 0.6 is 11.8 Å². The summed E-state index contributed by atoms with van der Waals surface area (Å²) in [5, 5.41) is 15.8. The molecule has 6 heteroatoms. The van der Waals surface area contributed by atoms with E-state index in [0.29, 0.717) is 10.6 Å². The van der Waals surface area contributed by atoms with E-state index in [1.54, 1.807) is 0 Å². The van der Waals surface area contributed by atoms with E-state index in [-0.39, 0.29) is 29.9 Å². The summed E-state index contributed by atoms with van der Waals surface area (Å²) in [5.74, 6) is -0.517. The first-order valence-corrected chi connectivity index (χ1v) is 9.95. The minimum absolute atomic E-state index is 0.106. The molecule has 0 unspecified atom stereocenters. The molecule has 2 N–H and O–H groups in total. The van der Waals surface area contributed by atoms with Crippen LogP contribution in [0.3, 0.4) is 0 Å². The fraction of sp³-hybridized carbons (Fsp3) is 0.227. The van der Waals surface area contributed by atoms with E-state index < -0.39 is 0 Å². The van der Waals surface area contributed by atoms with E-state index in [2.05, 4.69) is 16.7 Å². The van der Waals surface area contributed by atoms with Gasteiger partial charge in [0.15, 0.2) is 0 Å². The minimum atomic E-state index is -0.289. The Hall–Kier alpha value is -3.04. The van der Waals surface area contributed by atoms with Gasteiger partial charge in [-0.05, 0) is 37.1 Å². The smallest absolute Gasteiger partial charge is 0.234 e. The van der Waals surface area contributed by atoms with Crippen LogP contribution in [0.4, 0.5) is 5.69 Å². The second-order valence-corrected chi connectivity index (χ2v) is 7.70. The fourth-order valence-electron chi connectivity index (χ4n) is 3.15. The number of amides is 2. The summed E-state index contributed by atoms with van der Waals surface area (Å²) in [6.45, 7) is 3.95. The standard InChI is InChI=1S/C22H21N3O2S/c1-14-7-9-16(10-8-14)24-21(27)13-28-22-19(12-23)18(11-20(26)25-22)17-6-4-3-5-15(17)2/h3-10,18H,11,13H2,1-2H3,(H,24,27)(H,25,26)/t18-/m1/s1. The van der Waals surface area contributed by atoms with E-state index in [4.69, 9.17) is 0 Å². The molecule has 0 radical (unpaired) electrons. The Morgan fingerprint density at radius 1 is 1.21 bits per heavy atom. The van der Waals surface area contributed by atoms with E-state index in [9.17, 15) is 14.9 Å². The Morgan fingerprint density at radius 2 is 1.93 bits per heavy atom. The Kier molecular flexibility index (Phi) is 6.17. The maximum Gasteiger partial charge on any atom is 0.234 e. The van der Waals surface area contributed by atoms with Crippen molar-refractivity contribution in [3.8, 4) is 6.07 Å². The zero-order valence-electron chi connectivity index (χ0n) is 15.8. The van der Waals surface area contributed by atoms with Crippen molar-refractivity contribution in [1.82, 2.24) is 5.32 Å². The highest BCUT2D eigenvalue weighted by atomic mass is 32.2. The molecule has 0 aromatic heterocycles. The van der Waals surface area contributed by atoms with Crippen molar-refractivity contribution in [2.75, 3.05) is 11.1 Å². The number of hydrogen-bond donors (Lipinski definition) is 2. The number of rotatable bonds is 5. The lowest BCUT2D eigenvalue weighted by Crippen LogP contribution is -2.31. The van der Waals surface area contributed by atoms with Crippen LogP contribution in [-0.4, -0.2) is 17.6 Å². The Morgan fingerprint density at radius 3 is 2.61 bits per heavy atom. The quantitative estimate of drug-likeness (QED) is 0.807. The summed E-state index contributed by atoms with van der Waals surface area (Å²) in [6, 6.07) is 17.5. The van der Waals surface area contributed by atoms with Gasteiger partial charge < -0.3 is 10.6 Å². The van der Waals surface area contributed by atoms with Crippen molar-refractivity contribution in [2.45, 2.75) is 26.2 Å². The lowest BCUT2D eigenvalue weighted by molar-refractivity contribution is -0.121. The van der Waals surface area contributed by atoms with Crippen LogP contribution in [0.1, 0.15) is 29.0 Å². The van der Waals surface area contributed by atoms with Gasteiger partial charge in [0.2, 0.25) is 11.8 Å². The zero-order valence-corrected chi connectivity index (χ0v) is 16.6. The molecule has 0 spiro atoms. The molecule has 3 rings (SSSR count). The highest BCUT2D eigenvalue weighted by Crippen LogP contribution is 2.37. The lowest BCUT2D eigenvalue weighted by Gasteiger charge is -2.26. The van der Waals surface area contributed by atoms with Crippen LogP contribution in [0.5, 0.6) is 0 Å². The second kappa shape index (κ2) is 8.77. The van der Waals surface area contributed by atoms with Crippen molar-refractivity contribution in [2.24, 2.45) is 0 Å². The van der Waals surface area contributed by atoms with Gasteiger partial charge in [-0.25, -0.2) is 0 Å². The van der Waals surface area contributed by atoms with Crippen molar-refractivity contribution in [3.63, 3.8) is 0 Å². The monoisotopic (exact) mass is 391 g/mol. The number of nitrogens with zero attached hydrogens (tertiary/aromatic N) is 1. The largest absolute Gasteiger partial charge is 0.325 e. The van der Waals surface area contributed by atoms with Gasteiger partial charge in [0, 0.05) is 18.0 Å². The Labute approximate surface area is 168 Å². The van der Waals surface area contributed by atoms with Crippen LogP contribution in [0.25, 0.3) is 0 Å². The Balaban J connectivity index is 1.76. The molecule has 2 aromatic carbocycles. The molecule has 0 bridgehead atoms. The Bertz CT molecular complexity index is 974.